The van der Waals surface area contributed by atoms with E-state index in [-0.39, 0.29) is 17.2 Å². The third-order valence-corrected chi connectivity index (χ3v) is 5.84. The van der Waals surface area contributed by atoms with Crippen molar-refractivity contribution in [1.29, 1.82) is 5.26 Å². The van der Waals surface area contributed by atoms with E-state index in [1.54, 1.807) is 12.4 Å². The number of nitrogens with zero attached hydrogens (tertiary/aromatic N) is 4. The van der Waals surface area contributed by atoms with Crippen molar-refractivity contribution in [2.75, 3.05) is 25.0 Å². The summed E-state index contributed by atoms with van der Waals surface area (Å²) in [4.78, 5) is 11.0. The summed E-state index contributed by atoms with van der Waals surface area (Å²) in [6.07, 6.45) is 5.81. The molecule has 1 aromatic carbocycles. The van der Waals surface area contributed by atoms with Gasteiger partial charge in [-0.1, -0.05) is 45.0 Å². The number of anilines is 1. The van der Waals surface area contributed by atoms with Crippen LogP contribution in [-0.4, -0.2) is 34.5 Å². The average molecular weight is 416 g/mol. The van der Waals surface area contributed by atoms with Gasteiger partial charge < -0.3 is 9.73 Å². The first-order chi connectivity index (χ1) is 15.0. The second-order valence-electron chi connectivity index (χ2n) is 9.06. The van der Waals surface area contributed by atoms with Crippen molar-refractivity contribution in [3.63, 3.8) is 0 Å². The summed E-state index contributed by atoms with van der Waals surface area (Å²) < 4.78 is 5.90. The SMILES string of the molecule is CC(C)(C)c1ccc([C@@H](CNc2oc(-c3cccnc3)nc2C#N)N2CCCC2)cc1. The van der Waals surface area contributed by atoms with Gasteiger partial charge in [0.05, 0.1) is 11.6 Å². The molecule has 3 heterocycles. The summed E-state index contributed by atoms with van der Waals surface area (Å²) >= 11 is 0. The number of rotatable bonds is 6. The first kappa shape index (κ1) is 21.1. The summed E-state index contributed by atoms with van der Waals surface area (Å²) in [7, 11) is 0. The Morgan fingerprint density at radius 2 is 1.90 bits per heavy atom. The monoisotopic (exact) mass is 415 g/mol. The fourth-order valence-electron chi connectivity index (χ4n) is 4.03. The highest BCUT2D eigenvalue weighted by atomic mass is 16.4. The number of oxazole rings is 1. The number of nitrogens with one attached hydrogen (secondary N) is 1. The molecule has 160 valence electrons. The lowest BCUT2D eigenvalue weighted by Gasteiger charge is -2.29. The first-order valence-electron chi connectivity index (χ1n) is 10.9. The van der Waals surface area contributed by atoms with E-state index < -0.39 is 0 Å². The number of aromatic nitrogens is 2. The second kappa shape index (κ2) is 8.91. The van der Waals surface area contributed by atoms with E-state index in [9.17, 15) is 5.26 Å². The number of nitriles is 1. The lowest BCUT2D eigenvalue weighted by atomic mass is 9.86. The van der Waals surface area contributed by atoms with Gasteiger partial charge in [-0.2, -0.15) is 10.2 Å². The van der Waals surface area contributed by atoms with E-state index >= 15 is 0 Å². The van der Waals surface area contributed by atoms with Crippen LogP contribution >= 0.6 is 0 Å². The third-order valence-electron chi connectivity index (χ3n) is 5.84. The maximum atomic E-state index is 9.54. The summed E-state index contributed by atoms with van der Waals surface area (Å²) in [6, 6.07) is 15.0. The van der Waals surface area contributed by atoms with Crippen LogP contribution in [0.4, 0.5) is 5.88 Å². The Labute approximate surface area is 183 Å². The lowest BCUT2D eigenvalue weighted by Crippen LogP contribution is -2.31. The number of hydrogen-bond donors (Lipinski definition) is 1. The Bertz CT molecular complexity index is 1040. The molecular weight excluding hydrogens is 386 g/mol. The highest BCUT2D eigenvalue weighted by Crippen LogP contribution is 2.30. The quantitative estimate of drug-likeness (QED) is 0.599. The molecular formula is C25H29N5O. The molecule has 0 spiro atoms. The third kappa shape index (κ3) is 4.78. The minimum Gasteiger partial charge on any atom is -0.419 e. The average Bonchev–Trinajstić information content (AvgIpc) is 3.44. The van der Waals surface area contributed by atoms with E-state index in [2.05, 4.69) is 71.3 Å². The molecule has 6 heteroatoms. The van der Waals surface area contributed by atoms with E-state index in [4.69, 9.17) is 4.42 Å². The molecule has 4 rings (SSSR count). The molecule has 0 unspecified atom stereocenters. The predicted octanol–water partition coefficient (Wildman–Crippen LogP) is 5.15. The van der Waals surface area contributed by atoms with Gasteiger partial charge in [0.15, 0.2) is 0 Å². The molecule has 1 fully saturated rings. The molecule has 2 aromatic heterocycles. The summed E-state index contributed by atoms with van der Waals surface area (Å²) in [5.41, 5.74) is 3.74. The maximum absolute atomic E-state index is 9.54. The Hall–Kier alpha value is -3.17. The molecule has 1 saturated heterocycles. The molecule has 1 aliphatic heterocycles. The molecule has 0 bridgehead atoms. The van der Waals surface area contributed by atoms with E-state index in [1.165, 1.54) is 24.0 Å². The molecule has 0 aliphatic carbocycles. The van der Waals surface area contributed by atoms with Crippen LogP contribution in [0.15, 0.2) is 53.2 Å². The zero-order valence-electron chi connectivity index (χ0n) is 18.4. The zero-order valence-corrected chi connectivity index (χ0v) is 18.4. The second-order valence-corrected chi connectivity index (χ2v) is 9.06. The fourth-order valence-corrected chi connectivity index (χ4v) is 4.03. The smallest absolute Gasteiger partial charge is 0.232 e. The van der Waals surface area contributed by atoms with Gasteiger partial charge in [-0.3, -0.25) is 9.88 Å². The fraction of sp³-hybridized carbons (Fsp3) is 0.400. The van der Waals surface area contributed by atoms with Crippen LogP contribution < -0.4 is 5.32 Å². The highest BCUT2D eigenvalue weighted by Gasteiger charge is 2.25. The van der Waals surface area contributed by atoms with Gasteiger partial charge in [0, 0.05) is 18.9 Å². The Balaban J connectivity index is 1.56. The molecule has 31 heavy (non-hydrogen) atoms. The van der Waals surface area contributed by atoms with Crippen LogP contribution in [0.3, 0.4) is 0 Å². The molecule has 6 nitrogen and oxygen atoms in total. The van der Waals surface area contributed by atoms with Crippen molar-refractivity contribution in [2.24, 2.45) is 0 Å². The van der Waals surface area contributed by atoms with Gasteiger partial charge in [-0.25, -0.2) is 0 Å². The van der Waals surface area contributed by atoms with Gasteiger partial charge in [-0.05, 0) is 54.6 Å². The Kier molecular flexibility index (Phi) is 6.06. The Morgan fingerprint density at radius 1 is 1.16 bits per heavy atom. The minimum atomic E-state index is 0.129. The summed E-state index contributed by atoms with van der Waals surface area (Å²) in [5, 5.41) is 12.9. The van der Waals surface area contributed by atoms with E-state index in [0.717, 1.165) is 18.7 Å². The van der Waals surface area contributed by atoms with Crippen LogP contribution in [0.1, 0.15) is 56.5 Å². The van der Waals surface area contributed by atoms with Gasteiger partial charge in [0.1, 0.15) is 6.07 Å². The van der Waals surface area contributed by atoms with Crippen molar-refractivity contribution in [3.05, 3.63) is 65.6 Å². The molecule has 1 atom stereocenters. The van der Waals surface area contributed by atoms with Crippen LogP contribution in [0.25, 0.3) is 11.5 Å². The van der Waals surface area contributed by atoms with Crippen LogP contribution in [0, 0.1) is 11.3 Å². The molecule has 3 aromatic rings. The summed E-state index contributed by atoms with van der Waals surface area (Å²) in [5.74, 6) is 0.816. The van der Waals surface area contributed by atoms with Crippen LogP contribution in [-0.2, 0) is 5.41 Å². The minimum absolute atomic E-state index is 0.129. The van der Waals surface area contributed by atoms with Crippen molar-refractivity contribution in [2.45, 2.75) is 45.1 Å². The topological polar surface area (TPSA) is 78.0 Å². The normalized spacial score (nSPS) is 15.5. The highest BCUT2D eigenvalue weighted by molar-refractivity contribution is 5.57. The Morgan fingerprint density at radius 3 is 2.52 bits per heavy atom. The number of likely N-dealkylation sites (tertiary alicyclic amines) is 1. The summed E-state index contributed by atoms with van der Waals surface area (Å²) in [6.45, 7) is 9.49. The van der Waals surface area contributed by atoms with Gasteiger partial charge in [0.2, 0.25) is 17.5 Å². The lowest BCUT2D eigenvalue weighted by molar-refractivity contribution is 0.255. The number of pyridine rings is 1. The largest absolute Gasteiger partial charge is 0.419 e. The van der Waals surface area contributed by atoms with E-state index in [0.29, 0.717) is 18.3 Å². The van der Waals surface area contributed by atoms with E-state index in [1.807, 2.05) is 12.1 Å². The maximum Gasteiger partial charge on any atom is 0.232 e. The molecule has 0 amide bonds. The zero-order chi connectivity index (χ0) is 21.8. The van der Waals surface area contributed by atoms with Crippen LogP contribution in [0.2, 0.25) is 0 Å². The molecule has 1 N–H and O–H groups in total. The molecule has 1 aliphatic rings. The molecule has 0 radical (unpaired) electrons. The number of hydrogen-bond acceptors (Lipinski definition) is 6. The van der Waals surface area contributed by atoms with Crippen molar-refractivity contribution in [3.8, 4) is 17.5 Å². The van der Waals surface area contributed by atoms with Gasteiger partial charge in [-0.15, -0.1) is 0 Å². The van der Waals surface area contributed by atoms with Crippen molar-refractivity contribution < 1.29 is 4.42 Å². The standard InChI is InChI=1S/C25H29N5O/c1-25(2,3)20-10-8-18(9-11-20)22(30-13-4-5-14-30)17-28-24-21(15-26)29-23(31-24)19-7-6-12-27-16-19/h6-12,16,22,28H,4-5,13-14,17H2,1-3H3/t22-/m1/s1. The van der Waals surface area contributed by atoms with Crippen LogP contribution in [0.5, 0.6) is 0 Å². The van der Waals surface area contributed by atoms with Crippen molar-refractivity contribution in [1.82, 2.24) is 14.9 Å². The molecule has 0 saturated carbocycles. The first-order valence-corrected chi connectivity index (χ1v) is 10.9. The van der Waals surface area contributed by atoms with Gasteiger partial charge in [0.25, 0.3) is 0 Å². The predicted molar refractivity (Wildman–Crippen MR) is 122 cm³/mol. The van der Waals surface area contributed by atoms with Crippen molar-refractivity contribution >= 4 is 5.88 Å². The number of benzene rings is 1. The van der Waals surface area contributed by atoms with Gasteiger partial charge >= 0.3 is 0 Å².